The minimum Gasteiger partial charge on any atom is -0.449 e. The molecule has 0 aliphatic rings. The minimum atomic E-state index is -0.330. The molecular formula is C14H16ClNO2. The third-order valence-corrected chi connectivity index (χ3v) is 3.08. The number of fused-ring (bicyclic) bond motifs is 1. The Bertz CT molecular complexity index is 574. The summed E-state index contributed by atoms with van der Waals surface area (Å²) in [6, 6.07) is 5.56. The van der Waals surface area contributed by atoms with Crippen molar-refractivity contribution in [2.75, 3.05) is 6.61 Å². The minimum absolute atomic E-state index is 0.330. The van der Waals surface area contributed by atoms with Gasteiger partial charge in [-0.15, -0.1) is 0 Å². The average molecular weight is 266 g/mol. The number of aromatic nitrogens is 1. The molecule has 1 heterocycles. The summed E-state index contributed by atoms with van der Waals surface area (Å²) in [5.41, 5.74) is 1.83. The highest BCUT2D eigenvalue weighted by Crippen LogP contribution is 2.24. The van der Waals surface area contributed by atoms with Crippen LogP contribution in [-0.4, -0.2) is 17.3 Å². The summed E-state index contributed by atoms with van der Waals surface area (Å²) in [5.74, 6) is 0. The van der Waals surface area contributed by atoms with Crippen molar-refractivity contribution in [2.45, 2.75) is 26.7 Å². The number of benzene rings is 1. The first-order valence-corrected chi connectivity index (χ1v) is 6.45. The summed E-state index contributed by atoms with van der Waals surface area (Å²) in [6.07, 6.45) is 3.29. The van der Waals surface area contributed by atoms with E-state index in [9.17, 15) is 4.79 Å². The topological polar surface area (TPSA) is 31.2 Å². The van der Waals surface area contributed by atoms with E-state index in [4.69, 9.17) is 16.3 Å². The van der Waals surface area contributed by atoms with Crippen LogP contribution in [-0.2, 0) is 4.74 Å². The van der Waals surface area contributed by atoms with Gasteiger partial charge in [0.05, 0.1) is 12.1 Å². The number of hydrogen-bond donors (Lipinski definition) is 0. The zero-order valence-electron chi connectivity index (χ0n) is 10.6. The largest absolute Gasteiger partial charge is 0.449 e. The molecule has 0 spiro atoms. The van der Waals surface area contributed by atoms with E-state index in [0.29, 0.717) is 11.6 Å². The number of ether oxygens (including phenoxy) is 1. The Morgan fingerprint density at radius 1 is 1.44 bits per heavy atom. The van der Waals surface area contributed by atoms with Gasteiger partial charge in [-0.2, -0.15) is 0 Å². The number of carbonyl (C=O) groups is 1. The zero-order valence-corrected chi connectivity index (χ0v) is 11.3. The highest BCUT2D eigenvalue weighted by Gasteiger charge is 2.12. The molecule has 0 bridgehead atoms. The number of unbranched alkanes of at least 4 members (excludes halogenated alkanes) is 1. The highest BCUT2D eigenvalue weighted by molar-refractivity contribution is 6.31. The molecule has 18 heavy (non-hydrogen) atoms. The van der Waals surface area contributed by atoms with Crippen molar-refractivity contribution < 1.29 is 9.53 Å². The number of halogens is 1. The van der Waals surface area contributed by atoms with Gasteiger partial charge in [-0.3, -0.25) is 4.57 Å². The molecule has 0 aliphatic carbocycles. The smallest absolute Gasteiger partial charge is 0.418 e. The lowest BCUT2D eigenvalue weighted by atomic mass is 10.2. The summed E-state index contributed by atoms with van der Waals surface area (Å²) in [4.78, 5) is 11.9. The van der Waals surface area contributed by atoms with Crippen molar-refractivity contribution in [3.63, 3.8) is 0 Å². The summed E-state index contributed by atoms with van der Waals surface area (Å²) in [5, 5.41) is 1.63. The fraction of sp³-hybridized carbons (Fsp3) is 0.357. The predicted molar refractivity (Wildman–Crippen MR) is 73.3 cm³/mol. The molecule has 0 saturated heterocycles. The van der Waals surface area contributed by atoms with Gasteiger partial charge in [0.15, 0.2) is 0 Å². The second-order valence-electron chi connectivity index (χ2n) is 4.31. The third-order valence-electron chi connectivity index (χ3n) is 2.86. The van der Waals surface area contributed by atoms with Crippen LogP contribution in [0.15, 0.2) is 24.4 Å². The summed E-state index contributed by atoms with van der Waals surface area (Å²) >= 11 is 5.99. The first-order valence-electron chi connectivity index (χ1n) is 6.08. The van der Waals surface area contributed by atoms with Crippen molar-refractivity contribution in [2.24, 2.45) is 0 Å². The fourth-order valence-electron chi connectivity index (χ4n) is 1.97. The van der Waals surface area contributed by atoms with E-state index in [1.807, 2.05) is 25.1 Å². The SMILES string of the molecule is CCCCOC(=O)n1ccc2cc(Cl)cc(C)c21. The van der Waals surface area contributed by atoms with Crippen molar-refractivity contribution in [1.82, 2.24) is 4.57 Å². The monoisotopic (exact) mass is 265 g/mol. The third kappa shape index (κ3) is 2.51. The lowest BCUT2D eigenvalue weighted by Gasteiger charge is -2.07. The van der Waals surface area contributed by atoms with E-state index in [-0.39, 0.29) is 6.09 Å². The van der Waals surface area contributed by atoms with Crippen LogP contribution in [0, 0.1) is 6.92 Å². The molecule has 0 radical (unpaired) electrons. The number of aryl methyl sites for hydroxylation is 1. The van der Waals surface area contributed by atoms with Crippen molar-refractivity contribution in [1.29, 1.82) is 0 Å². The van der Waals surface area contributed by atoms with Crippen LogP contribution in [0.2, 0.25) is 5.02 Å². The van der Waals surface area contributed by atoms with Crippen LogP contribution in [0.25, 0.3) is 10.9 Å². The molecule has 0 amide bonds. The Hall–Kier alpha value is -1.48. The van der Waals surface area contributed by atoms with E-state index in [1.54, 1.807) is 6.20 Å². The van der Waals surface area contributed by atoms with E-state index in [2.05, 4.69) is 6.92 Å². The van der Waals surface area contributed by atoms with Crippen LogP contribution in [0.3, 0.4) is 0 Å². The van der Waals surface area contributed by atoms with Gasteiger partial charge in [0.25, 0.3) is 0 Å². The molecule has 1 aromatic carbocycles. The van der Waals surface area contributed by atoms with Crippen molar-refractivity contribution in [3.8, 4) is 0 Å². The van der Waals surface area contributed by atoms with Gasteiger partial charge in [0, 0.05) is 16.6 Å². The summed E-state index contributed by atoms with van der Waals surface area (Å²) in [6.45, 7) is 4.46. The Morgan fingerprint density at radius 2 is 2.22 bits per heavy atom. The highest BCUT2D eigenvalue weighted by atomic mass is 35.5. The Morgan fingerprint density at radius 3 is 2.94 bits per heavy atom. The second-order valence-corrected chi connectivity index (χ2v) is 4.75. The molecular weight excluding hydrogens is 250 g/mol. The Labute approximate surface area is 111 Å². The van der Waals surface area contributed by atoms with E-state index < -0.39 is 0 Å². The molecule has 4 heteroatoms. The summed E-state index contributed by atoms with van der Waals surface area (Å²) in [7, 11) is 0. The number of hydrogen-bond acceptors (Lipinski definition) is 2. The van der Waals surface area contributed by atoms with Crippen LogP contribution < -0.4 is 0 Å². The maximum absolute atomic E-state index is 11.9. The lowest BCUT2D eigenvalue weighted by Crippen LogP contribution is -2.13. The molecule has 0 atom stereocenters. The first-order chi connectivity index (χ1) is 8.63. The molecule has 0 unspecified atom stereocenters. The number of nitrogens with zero attached hydrogens (tertiary/aromatic N) is 1. The summed E-state index contributed by atoms with van der Waals surface area (Å²) < 4.78 is 6.75. The molecule has 1 aromatic heterocycles. The first kappa shape index (κ1) is 13.0. The molecule has 0 aliphatic heterocycles. The molecule has 2 aromatic rings. The standard InChI is InChI=1S/C14H16ClNO2/c1-3-4-7-18-14(17)16-6-5-11-9-12(15)8-10(2)13(11)16/h5-6,8-9H,3-4,7H2,1-2H3. The molecule has 3 nitrogen and oxygen atoms in total. The average Bonchev–Trinajstić information content (AvgIpc) is 2.73. The Kier molecular flexibility index (Phi) is 3.92. The van der Waals surface area contributed by atoms with Gasteiger partial charge < -0.3 is 4.74 Å². The lowest BCUT2D eigenvalue weighted by molar-refractivity contribution is 0.147. The zero-order chi connectivity index (χ0) is 13.1. The fourth-order valence-corrected chi connectivity index (χ4v) is 2.25. The molecule has 0 saturated carbocycles. The predicted octanol–water partition coefficient (Wildman–Crippen LogP) is 4.39. The molecule has 96 valence electrons. The van der Waals surface area contributed by atoms with E-state index >= 15 is 0 Å². The molecule has 0 N–H and O–H groups in total. The van der Waals surface area contributed by atoms with Crippen LogP contribution in [0.5, 0.6) is 0 Å². The van der Waals surface area contributed by atoms with Crippen molar-refractivity contribution in [3.05, 3.63) is 35.0 Å². The normalized spacial score (nSPS) is 10.8. The van der Waals surface area contributed by atoms with Gasteiger partial charge in [-0.1, -0.05) is 24.9 Å². The van der Waals surface area contributed by atoms with Crippen molar-refractivity contribution >= 4 is 28.6 Å². The molecule has 2 rings (SSSR count). The number of carbonyl (C=O) groups excluding carboxylic acids is 1. The molecule has 0 fully saturated rings. The van der Waals surface area contributed by atoms with Crippen LogP contribution in [0.1, 0.15) is 25.3 Å². The van der Waals surface area contributed by atoms with Gasteiger partial charge in [0.1, 0.15) is 0 Å². The van der Waals surface area contributed by atoms with Crippen LogP contribution >= 0.6 is 11.6 Å². The van der Waals surface area contributed by atoms with Crippen LogP contribution in [0.4, 0.5) is 4.79 Å². The second kappa shape index (κ2) is 5.44. The van der Waals surface area contributed by atoms with E-state index in [0.717, 1.165) is 29.3 Å². The van der Waals surface area contributed by atoms with Gasteiger partial charge in [-0.25, -0.2) is 4.79 Å². The quantitative estimate of drug-likeness (QED) is 0.771. The number of rotatable bonds is 3. The van der Waals surface area contributed by atoms with Gasteiger partial charge in [-0.05, 0) is 37.1 Å². The van der Waals surface area contributed by atoms with Gasteiger partial charge >= 0.3 is 6.09 Å². The maximum atomic E-state index is 11.9. The van der Waals surface area contributed by atoms with E-state index in [1.165, 1.54) is 4.57 Å². The Balaban J connectivity index is 2.31. The van der Waals surface area contributed by atoms with Gasteiger partial charge in [0.2, 0.25) is 0 Å². The maximum Gasteiger partial charge on any atom is 0.418 e.